The lowest BCUT2D eigenvalue weighted by molar-refractivity contribution is 0.307. The first-order chi connectivity index (χ1) is 9.52. The second-order valence-electron chi connectivity index (χ2n) is 6.45. The Morgan fingerprint density at radius 2 is 2.25 bits per heavy atom. The van der Waals surface area contributed by atoms with Gasteiger partial charge in [0, 0.05) is 31.2 Å². The van der Waals surface area contributed by atoms with Crippen LogP contribution in [0.4, 0.5) is 0 Å². The Hall–Kier alpha value is -1.69. The molecular formula is C14H21N5O. The molecule has 1 aliphatic heterocycles. The fraction of sp³-hybridized carbons (Fsp3) is 0.643. The number of rotatable bonds is 3. The van der Waals surface area contributed by atoms with Crippen LogP contribution in [0.2, 0.25) is 0 Å². The number of hydrogen-bond acceptors (Lipinski definition) is 5. The highest BCUT2D eigenvalue weighted by Gasteiger charge is 2.26. The lowest BCUT2D eigenvalue weighted by atomic mass is 9.97. The maximum Gasteiger partial charge on any atom is 0.199 e. The molecule has 0 radical (unpaired) electrons. The van der Waals surface area contributed by atoms with Crippen LogP contribution in [-0.4, -0.2) is 38.0 Å². The number of hydrogen-bond donors (Lipinski definition) is 0. The average molecular weight is 275 g/mol. The van der Waals surface area contributed by atoms with Crippen LogP contribution in [0.3, 0.4) is 0 Å². The summed E-state index contributed by atoms with van der Waals surface area (Å²) in [4.78, 5) is 6.98. The fourth-order valence-corrected chi connectivity index (χ4v) is 2.54. The van der Waals surface area contributed by atoms with Gasteiger partial charge >= 0.3 is 0 Å². The summed E-state index contributed by atoms with van der Waals surface area (Å²) in [5.41, 5.74) is 0.973. The quantitative estimate of drug-likeness (QED) is 0.857. The monoisotopic (exact) mass is 275 g/mol. The van der Waals surface area contributed by atoms with Crippen LogP contribution >= 0.6 is 0 Å². The predicted octanol–water partition coefficient (Wildman–Crippen LogP) is 2.01. The molecule has 0 saturated carbocycles. The molecule has 3 heterocycles. The van der Waals surface area contributed by atoms with Crippen molar-refractivity contribution in [1.29, 1.82) is 0 Å². The Bertz CT molecular complexity index is 554. The summed E-state index contributed by atoms with van der Waals surface area (Å²) < 4.78 is 7.52. The summed E-state index contributed by atoms with van der Waals surface area (Å²) in [6.07, 6.45) is 6.55. The van der Waals surface area contributed by atoms with Crippen LogP contribution in [0.25, 0.3) is 0 Å². The maximum atomic E-state index is 5.57. The van der Waals surface area contributed by atoms with E-state index in [0.29, 0.717) is 6.04 Å². The van der Waals surface area contributed by atoms with E-state index in [1.165, 1.54) is 0 Å². The van der Waals surface area contributed by atoms with E-state index in [9.17, 15) is 0 Å². The second kappa shape index (κ2) is 5.01. The molecular weight excluding hydrogens is 254 g/mol. The van der Waals surface area contributed by atoms with Crippen molar-refractivity contribution in [3.63, 3.8) is 0 Å². The van der Waals surface area contributed by atoms with Gasteiger partial charge < -0.3 is 4.42 Å². The van der Waals surface area contributed by atoms with Gasteiger partial charge in [0.1, 0.15) is 6.26 Å². The molecule has 0 aromatic carbocycles. The van der Waals surface area contributed by atoms with Gasteiger partial charge in [0.05, 0.1) is 17.9 Å². The summed E-state index contributed by atoms with van der Waals surface area (Å²) in [6, 6.07) is 0.423. The lowest BCUT2D eigenvalue weighted by Crippen LogP contribution is -2.22. The Morgan fingerprint density at radius 1 is 1.40 bits per heavy atom. The molecule has 1 fully saturated rings. The van der Waals surface area contributed by atoms with Crippen molar-refractivity contribution in [1.82, 2.24) is 24.9 Å². The molecule has 0 bridgehead atoms. The molecule has 1 unspecified atom stereocenters. The van der Waals surface area contributed by atoms with Gasteiger partial charge in [0.25, 0.3) is 0 Å². The van der Waals surface area contributed by atoms with E-state index >= 15 is 0 Å². The molecule has 0 amide bonds. The highest BCUT2D eigenvalue weighted by Crippen LogP contribution is 2.24. The van der Waals surface area contributed by atoms with Crippen molar-refractivity contribution in [3.8, 4) is 0 Å². The van der Waals surface area contributed by atoms with Gasteiger partial charge in [-0.15, -0.1) is 5.10 Å². The van der Waals surface area contributed by atoms with Crippen LogP contribution in [0, 0.1) is 0 Å². The first kappa shape index (κ1) is 13.3. The Balaban J connectivity index is 1.61. The zero-order valence-electron chi connectivity index (χ0n) is 12.3. The van der Waals surface area contributed by atoms with Crippen molar-refractivity contribution in [2.45, 2.75) is 45.2 Å². The molecule has 3 rings (SSSR count). The molecule has 1 aliphatic rings. The minimum Gasteiger partial charge on any atom is -0.448 e. The summed E-state index contributed by atoms with van der Waals surface area (Å²) in [5, 5.41) is 7.96. The second-order valence-corrected chi connectivity index (χ2v) is 6.45. The molecule has 2 aromatic rings. The Morgan fingerprint density at radius 3 is 2.90 bits per heavy atom. The summed E-state index contributed by atoms with van der Waals surface area (Å²) >= 11 is 0. The van der Waals surface area contributed by atoms with E-state index in [2.05, 4.69) is 41.0 Å². The van der Waals surface area contributed by atoms with Gasteiger partial charge in [-0.2, -0.15) is 0 Å². The SMILES string of the molecule is CC(C)(C)c1nc(CN2CCC(n3ccnn3)C2)co1. The van der Waals surface area contributed by atoms with E-state index < -0.39 is 0 Å². The number of likely N-dealkylation sites (tertiary alicyclic amines) is 1. The minimum absolute atomic E-state index is 0.0352. The van der Waals surface area contributed by atoms with Gasteiger partial charge in [-0.05, 0) is 6.42 Å². The zero-order chi connectivity index (χ0) is 14.2. The lowest BCUT2D eigenvalue weighted by Gasteiger charge is -2.14. The van der Waals surface area contributed by atoms with Crippen molar-refractivity contribution < 1.29 is 4.42 Å². The molecule has 6 heteroatoms. The van der Waals surface area contributed by atoms with Crippen LogP contribution in [0.1, 0.15) is 44.8 Å². The van der Waals surface area contributed by atoms with Crippen LogP contribution in [0.5, 0.6) is 0 Å². The molecule has 2 aromatic heterocycles. The molecule has 1 saturated heterocycles. The largest absolute Gasteiger partial charge is 0.448 e. The van der Waals surface area contributed by atoms with Gasteiger partial charge in [-0.3, -0.25) is 4.90 Å². The minimum atomic E-state index is -0.0352. The van der Waals surface area contributed by atoms with Crippen molar-refractivity contribution in [3.05, 3.63) is 30.2 Å². The third kappa shape index (κ3) is 2.75. The first-order valence-corrected chi connectivity index (χ1v) is 7.05. The molecule has 0 N–H and O–H groups in total. The third-order valence-corrected chi connectivity index (χ3v) is 3.64. The number of oxazole rings is 1. The van der Waals surface area contributed by atoms with Crippen LogP contribution in [0.15, 0.2) is 23.1 Å². The molecule has 0 aliphatic carbocycles. The highest BCUT2D eigenvalue weighted by atomic mass is 16.3. The van der Waals surface area contributed by atoms with E-state index in [1.54, 1.807) is 12.5 Å². The normalized spacial score (nSPS) is 20.6. The smallest absolute Gasteiger partial charge is 0.199 e. The molecule has 108 valence electrons. The third-order valence-electron chi connectivity index (χ3n) is 3.64. The van der Waals surface area contributed by atoms with E-state index in [4.69, 9.17) is 4.42 Å². The molecule has 0 spiro atoms. The Labute approximate surface area is 118 Å². The van der Waals surface area contributed by atoms with Crippen molar-refractivity contribution in [2.75, 3.05) is 13.1 Å². The zero-order valence-corrected chi connectivity index (χ0v) is 12.3. The van der Waals surface area contributed by atoms with Crippen LogP contribution < -0.4 is 0 Å². The van der Waals surface area contributed by atoms with E-state index in [1.807, 2.05) is 10.9 Å². The summed E-state index contributed by atoms with van der Waals surface area (Å²) in [7, 11) is 0. The van der Waals surface area contributed by atoms with Crippen LogP contribution in [-0.2, 0) is 12.0 Å². The standard InChI is InChI=1S/C14H21N5O/c1-14(2,3)13-16-11(10-20-13)8-18-6-4-12(9-18)19-7-5-15-17-19/h5,7,10,12H,4,6,8-9H2,1-3H3. The van der Waals surface area contributed by atoms with Crippen molar-refractivity contribution in [2.24, 2.45) is 0 Å². The maximum absolute atomic E-state index is 5.57. The molecule has 1 atom stereocenters. The first-order valence-electron chi connectivity index (χ1n) is 7.05. The van der Waals surface area contributed by atoms with Gasteiger partial charge in [-0.1, -0.05) is 26.0 Å². The number of nitrogens with zero attached hydrogens (tertiary/aromatic N) is 5. The summed E-state index contributed by atoms with van der Waals surface area (Å²) in [5.74, 6) is 0.805. The average Bonchev–Trinajstić information content (AvgIpc) is 3.08. The fourth-order valence-electron chi connectivity index (χ4n) is 2.54. The van der Waals surface area contributed by atoms with E-state index in [-0.39, 0.29) is 5.41 Å². The number of aromatic nitrogens is 4. The van der Waals surface area contributed by atoms with E-state index in [0.717, 1.165) is 37.6 Å². The van der Waals surface area contributed by atoms with Gasteiger partial charge in [0.15, 0.2) is 5.89 Å². The summed E-state index contributed by atoms with van der Waals surface area (Å²) in [6.45, 7) is 9.21. The molecule has 20 heavy (non-hydrogen) atoms. The van der Waals surface area contributed by atoms with Gasteiger partial charge in [-0.25, -0.2) is 9.67 Å². The predicted molar refractivity (Wildman–Crippen MR) is 74.2 cm³/mol. The Kier molecular flexibility index (Phi) is 3.33. The van der Waals surface area contributed by atoms with Gasteiger partial charge in [0.2, 0.25) is 0 Å². The topological polar surface area (TPSA) is 60.0 Å². The highest BCUT2D eigenvalue weighted by molar-refractivity contribution is 5.04. The molecule has 6 nitrogen and oxygen atoms in total. The van der Waals surface area contributed by atoms with Crippen molar-refractivity contribution >= 4 is 0 Å².